The summed E-state index contributed by atoms with van der Waals surface area (Å²) in [6.45, 7) is 4.82. The number of nitrogens with zero attached hydrogens (tertiary/aromatic N) is 5. The van der Waals surface area contributed by atoms with Crippen molar-refractivity contribution in [1.82, 2.24) is 24.4 Å². The van der Waals surface area contributed by atoms with E-state index in [2.05, 4.69) is 32.2 Å². The van der Waals surface area contributed by atoms with E-state index in [4.69, 9.17) is 11.6 Å². The Hall–Kier alpha value is -3.29. The number of hydrogen-bond donors (Lipinski definition) is 1. The number of pyridine rings is 2. The zero-order valence-electron chi connectivity index (χ0n) is 20.0. The van der Waals surface area contributed by atoms with Crippen LogP contribution in [0, 0.1) is 24.7 Å². The smallest absolute Gasteiger partial charge is 0.260 e. The SMILES string of the molecule is CNc1ncc2cc(-c3ccc(-c4cccc(C)n4)cc3Cl)c(=O)n(CC3[C@H]4CN(C)C[C@@H]34)c2n1. The van der Waals surface area contributed by atoms with Crippen molar-refractivity contribution in [3.8, 4) is 22.4 Å². The molecule has 0 amide bonds. The first-order chi connectivity index (χ1) is 16.9. The Morgan fingerprint density at radius 2 is 1.89 bits per heavy atom. The molecule has 0 spiro atoms. The van der Waals surface area contributed by atoms with Crippen molar-refractivity contribution in [1.29, 1.82) is 0 Å². The Labute approximate surface area is 208 Å². The number of hydrogen-bond acceptors (Lipinski definition) is 6. The molecule has 178 valence electrons. The quantitative estimate of drug-likeness (QED) is 0.452. The van der Waals surface area contributed by atoms with Crippen LogP contribution in [0.5, 0.6) is 0 Å². The van der Waals surface area contributed by atoms with Gasteiger partial charge in [-0.1, -0.05) is 29.8 Å². The van der Waals surface area contributed by atoms with Gasteiger partial charge in [-0.25, -0.2) is 4.98 Å². The second-order valence-electron chi connectivity index (χ2n) is 9.77. The van der Waals surface area contributed by atoms with Gasteiger partial charge in [-0.05, 0) is 56.0 Å². The summed E-state index contributed by atoms with van der Waals surface area (Å²) in [5, 5.41) is 4.33. The molecule has 1 aliphatic heterocycles. The van der Waals surface area contributed by atoms with E-state index in [0.29, 0.717) is 52.0 Å². The zero-order chi connectivity index (χ0) is 24.3. The second kappa shape index (κ2) is 8.43. The third-order valence-electron chi connectivity index (χ3n) is 7.44. The summed E-state index contributed by atoms with van der Waals surface area (Å²) >= 11 is 6.77. The largest absolute Gasteiger partial charge is 0.357 e. The molecule has 2 aliphatic rings. The Morgan fingerprint density at radius 1 is 1.09 bits per heavy atom. The number of nitrogens with one attached hydrogen (secondary N) is 1. The van der Waals surface area contributed by atoms with Gasteiger partial charge < -0.3 is 10.2 Å². The standard InChI is InChI=1S/C27H27ClN6O/c1-15-5-4-6-24(31-15)16-7-8-18(23(28)10-16)19-9-17-11-30-27(29-2)32-25(17)34(26(19)35)14-22-20-12-33(3)13-21(20)22/h4-11,20-22H,12-14H2,1-3H3,(H,29,30,32)/t20-,21+,22?. The molecule has 3 aromatic heterocycles. The summed E-state index contributed by atoms with van der Waals surface area (Å²) in [5.74, 6) is 2.31. The number of aryl methyl sites for hydroxylation is 1. The third kappa shape index (κ3) is 3.89. The number of fused-ring (bicyclic) bond motifs is 2. The number of rotatable bonds is 5. The van der Waals surface area contributed by atoms with E-state index in [-0.39, 0.29) is 5.56 Å². The van der Waals surface area contributed by atoms with Gasteiger partial charge in [-0.3, -0.25) is 14.3 Å². The third-order valence-corrected chi connectivity index (χ3v) is 7.75. The van der Waals surface area contributed by atoms with Gasteiger partial charge in [0.2, 0.25) is 5.95 Å². The molecular weight excluding hydrogens is 460 g/mol. The Bertz CT molecular complexity index is 1500. The fraction of sp³-hybridized carbons (Fsp3) is 0.333. The summed E-state index contributed by atoms with van der Waals surface area (Å²) in [5.41, 5.74) is 4.57. The molecule has 3 atom stereocenters. The van der Waals surface area contributed by atoms with E-state index < -0.39 is 0 Å². The monoisotopic (exact) mass is 486 g/mol. The molecule has 0 radical (unpaired) electrons. The lowest BCUT2D eigenvalue weighted by molar-refractivity contribution is 0.332. The number of piperidine rings is 1. The molecule has 2 fully saturated rings. The van der Waals surface area contributed by atoms with Gasteiger partial charge in [0.1, 0.15) is 5.65 Å². The summed E-state index contributed by atoms with van der Waals surface area (Å²) in [6, 6.07) is 13.5. The molecule has 1 aliphatic carbocycles. The molecule has 6 rings (SSSR count). The minimum atomic E-state index is -0.0695. The van der Waals surface area contributed by atoms with Crippen molar-refractivity contribution < 1.29 is 0 Å². The highest BCUT2D eigenvalue weighted by Crippen LogP contribution is 2.52. The maximum atomic E-state index is 13.9. The molecule has 1 N–H and O–H groups in total. The molecule has 1 unspecified atom stereocenters. The minimum Gasteiger partial charge on any atom is -0.357 e. The molecule has 1 aromatic carbocycles. The van der Waals surface area contributed by atoms with Crippen LogP contribution in [0.25, 0.3) is 33.4 Å². The summed E-state index contributed by atoms with van der Waals surface area (Å²) in [6.07, 6.45) is 1.77. The lowest BCUT2D eigenvalue weighted by atomic mass is 10.0. The van der Waals surface area contributed by atoms with E-state index in [1.807, 2.05) is 54.0 Å². The second-order valence-corrected chi connectivity index (χ2v) is 10.2. The van der Waals surface area contributed by atoms with Gasteiger partial charge in [0.15, 0.2) is 0 Å². The molecule has 1 saturated carbocycles. The molecule has 4 heterocycles. The van der Waals surface area contributed by atoms with Crippen LogP contribution in [0.3, 0.4) is 0 Å². The van der Waals surface area contributed by atoms with Crippen molar-refractivity contribution >= 4 is 28.6 Å². The highest BCUT2D eigenvalue weighted by atomic mass is 35.5. The first-order valence-electron chi connectivity index (χ1n) is 11.9. The average Bonchev–Trinajstić information content (AvgIpc) is 3.30. The van der Waals surface area contributed by atoms with E-state index in [1.54, 1.807) is 13.2 Å². The Morgan fingerprint density at radius 3 is 2.60 bits per heavy atom. The van der Waals surface area contributed by atoms with Gasteiger partial charge in [-0.2, -0.15) is 4.98 Å². The van der Waals surface area contributed by atoms with Gasteiger partial charge >= 0.3 is 0 Å². The Balaban J connectivity index is 1.45. The summed E-state index contributed by atoms with van der Waals surface area (Å²) in [4.78, 5) is 29.9. The summed E-state index contributed by atoms with van der Waals surface area (Å²) in [7, 11) is 3.94. The van der Waals surface area contributed by atoms with Crippen LogP contribution in [0.2, 0.25) is 5.02 Å². The predicted molar refractivity (Wildman–Crippen MR) is 140 cm³/mol. The maximum Gasteiger partial charge on any atom is 0.260 e. The maximum absolute atomic E-state index is 13.9. The fourth-order valence-corrected chi connectivity index (χ4v) is 5.86. The first-order valence-corrected chi connectivity index (χ1v) is 12.3. The summed E-state index contributed by atoms with van der Waals surface area (Å²) < 4.78 is 1.84. The lowest BCUT2D eigenvalue weighted by Gasteiger charge is -2.17. The normalized spacial score (nSPS) is 21.3. The van der Waals surface area contributed by atoms with E-state index in [0.717, 1.165) is 35.4 Å². The molecule has 0 bridgehead atoms. The molecule has 8 heteroatoms. The number of likely N-dealkylation sites (tertiary alicyclic amines) is 1. The highest BCUT2D eigenvalue weighted by molar-refractivity contribution is 6.33. The lowest BCUT2D eigenvalue weighted by Crippen LogP contribution is -2.27. The van der Waals surface area contributed by atoms with Crippen molar-refractivity contribution in [2.24, 2.45) is 17.8 Å². The van der Waals surface area contributed by atoms with Crippen LogP contribution < -0.4 is 10.9 Å². The van der Waals surface area contributed by atoms with Gasteiger partial charge in [0, 0.05) is 65.7 Å². The number of halogens is 1. The molecular formula is C27H27ClN6O. The van der Waals surface area contributed by atoms with Crippen LogP contribution in [0.4, 0.5) is 5.95 Å². The van der Waals surface area contributed by atoms with E-state index in [1.165, 1.54) is 0 Å². The topological polar surface area (TPSA) is 75.9 Å². The van der Waals surface area contributed by atoms with Crippen LogP contribution in [-0.4, -0.2) is 51.6 Å². The predicted octanol–water partition coefficient (Wildman–Crippen LogP) is 4.33. The van der Waals surface area contributed by atoms with E-state index in [9.17, 15) is 4.79 Å². The molecule has 35 heavy (non-hydrogen) atoms. The van der Waals surface area contributed by atoms with Gasteiger partial charge in [-0.15, -0.1) is 0 Å². The fourth-order valence-electron chi connectivity index (χ4n) is 5.58. The van der Waals surface area contributed by atoms with Crippen LogP contribution in [-0.2, 0) is 6.54 Å². The van der Waals surface area contributed by atoms with Crippen molar-refractivity contribution in [3.63, 3.8) is 0 Å². The van der Waals surface area contributed by atoms with Crippen molar-refractivity contribution in [3.05, 3.63) is 69.7 Å². The highest BCUT2D eigenvalue weighted by Gasteiger charge is 2.54. The van der Waals surface area contributed by atoms with Crippen LogP contribution in [0.1, 0.15) is 5.69 Å². The average molecular weight is 487 g/mol. The molecule has 4 aromatic rings. The Kier molecular flexibility index (Phi) is 5.34. The molecule has 7 nitrogen and oxygen atoms in total. The van der Waals surface area contributed by atoms with Crippen LogP contribution in [0.15, 0.2) is 53.5 Å². The molecule has 1 saturated heterocycles. The van der Waals surface area contributed by atoms with Crippen molar-refractivity contribution in [2.75, 3.05) is 32.5 Å². The van der Waals surface area contributed by atoms with Gasteiger partial charge in [0.25, 0.3) is 5.56 Å². The van der Waals surface area contributed by atoms with Crippen LogP contribution >= 0.6 is 11.6 Å². The van der Waals surface area contributed by atoms with Gasteiger partial charge in [0.05, 0.1) is 5.69 Å². The minimum absolute atomic E-state index is 0.0695. The zero-order valence-corrected chi connectivity index (χ0v) is 20.8. The first kappa shape index (κ1) is 22.2. The number of anilines is 1. The van der Waals surface area contributed by atoms with Crippen molar-refractivity contribution in [2.45, 2.75) is 13.5 Å². The van der Waals surface area contributed by atoms with E-state index >= 15 is 0 Å². The number of aromatic nitrogens is 4. The number of benzene rings is 1.